The summed E-state index contributed by atoms with van der Waals surface area (Å²) in [5.41, 5.74) is 0.747. The van der Waals surface area contributed by atoms with Crippen LogP contribution in [-0.2, 0) is 18.9 Å². The molecule has 3 heterocycles. The van der Waals surface area contributed by atoms with Gasteiger partial charge in [0.1, 0.15) is 5.82 Å². The molecule has 1 aliphatic rings. The molecule has 0 spiro atoms. The van der Waals surface area contributed by atoms with Gasteiger partial charge in [-0.05, 0) is 63.2 Å². The molecule has 1 N–H and O–H groups in total. The number of halogens is 6. The third-order valence-electron chi connectivity index (χ3n) is 6.63. The van der Waals surface area contributed by atoms with Crippen LogP contribution >= 0.6 is 0 Å². The smallest absolute Gasteiger partial charge is 0.345 e. The van der Waals surface area contributed by atoms with Gasteiger partial charge in [0.15, 0.2) is 5.82 Å². The van der Waals surface area contributed by atoms with E-state index in [0.717, 1.165) is 48.6 Å². The number of aromatic nitrogens is 4. The van der Waals surface area contributed by atoms with Crippen molar-refractivity contribution in [3.8, 4) is 22.7 Å². The van der Waals surface area contributed by atoms with Gasteiger partial charge in [-0.3, -0.25) is 4.90 Å². The normalized spacial score (nSPS) is 15.8. The SMILES string of the molecule is Cc1[nH]c(C2CCN(Cc3noc(-c4cccc(C(F)(F)F)c4)n3)CC2)nc1-c1ccc(C(F)(F)F)cc1. The number of rotatable bonds is 5. The molecule has 1 fully saturated rings. The van der Waals surface area contributed by atoms with Crippen molar-refractivity contribution in [3.63, 3.8) is 0 Å². The Balaban J connectivity index is 1.20. The quantitative estimate of drug-likeness (QED) is 0.283. The number of H-pyrrole nitrogens is 1. The third-order valence-corrected chi connectivity index (χ3v) is 6.63. The second-order valence-electron chi connectivity index (χ2n) is 9.32. The van der Waals surface area contributed by atoms with Crippen LogP contribution in [0.5, 0.6) is 0 Å². The summed E-state index contributed by atoms with van der Waals surface area (Å²) in [6, 6.07) is 9.71. The molecule has 200 valence electrons. The van der Waals surface area contributed by atoms with Crippen LogP contribution in [0.25, 0.3) is 22.7 Å². The number of hydrogen-bond donors (Lipinski definition) is 1. The minimum atomic E-state index is -4.46. The van der Waals surface area contributed by atoms with Gasteiger partial charge in [0, 0.05) is 22.7 Å². The summed E-state index contributed by atoms with van der Waals surface area (Å²) in [6.07, 6.45) is -7.27. The Labute approximate surface area is 213 Å². The Kier molecular flexibility index (Phi) is 6.76. The van der Waals surface area contributed by atoms with Gasteiger partial charge in [-0.2, -0.15) is 31.3 Å². The van der Waals surface area contributed by atoms with Gasteiger partial charge >= 0.3 is 12.4 Å². The highest BCUT2D eigenvalue weighted by molar-refractivity contribution is 5.62. The number of likely N-dealkylation sites (tertiary alicyclic amines) is 1. The zero-order valence-electron chi connectivity index (χ0n) is 20.2. The summed E-state index contributed by atoms with van der Waals surface area (Å²) in [6.45, 7) is 3.67. The molecule has 2 aromatic carbocycles. The maximum absolute atomic E-state index is 13.0. The molecule has 12 heteroatoms. The second-order valence-corrected chi connectivity index (χ2v) is 9.32. The number of hydrogen-bond acceptors (Lipinski definition) is 5. The predicted molar refractivity (Wildman–Crippen MR) is 126 cm³/mol. The lowest BCUT2D eigenvalue weighted by Gasteiger charge is -2.30. The van der Waals surface area contributed by atoms with Gasteiger partial charge in [-0.15, -0.1) is 0 Å². The number of imidazole rings is 1. The molecule has 0 atom stereocenters. The first-order valence-corrected chi connectivity index (χ1v) is 11.9. The summed E-state index contributed by atoms with van der Waals surface area (Å²) in [5, 5.41) is 3.93. The van der Waals surface area contributed by atoms with E-state index in [4.69, 9.17) is 9.51 Å². The molecule has 5 rings (SSSR count). The Bertz CT molecular complexity index is 1400. The standard InChI is InChI=1S/C26H23F6N5O/c1-15-22(16-5-7-19(8-6-16)25(27,28)29)35-23(33-15)17-9-11-37(12-10-17)14-21-34-24(38-36-21)18-3-2-4-20(13-18)26(30,31)32/h2-8,13,17H,9-12,14H2,1H3,(H,33,35). The molecule has 1 aliphatic heterocycles. The molecular formula is C26H23F6N5O. The average Bonchev–Trinajstić information content (AvgIpc) is 3.50. The van der Waals surface area contributed by atoms with Crippen molar-refractivity contribution >= 4 is 0 Å². The molecule has 0 unspecified atom stereocenters. The Morgan fingerprint density at radius 3 is 2.24 bits per heavy atom. The van der Waals surface area contributed by atoms with E-state index >= 15 is 0 Å². The van der Waals surface area contributed by atoms with Crippen molar-refractivity contribution in [1.82, 2.24) is 25.0 Å². The second kappa shape index (κ2) is 9.90. The van der Waals surface area contributed by atoms with E-state index < -0.39 is 23.5 Å². The minimum absolute atomic E-state index is 0.0304. The summed E-state index contributed by atoms with van der Waals surface area (Å²) < 4.78 is 82.8. The summed E-state index contributed by atoms with van der Waals surface area (Å²) in [7, 11) is 0. The van der Waals surface area contributed by atoms with Crippen molar-refractivity contribution in [2.24, 2.45) is 0 Å². The van der Waals surface area contributed by atoms with Crippen LogP contribution in [0.3, 0.4) is 0 Å². The van der Waals surface area contributed by atoms with E-state index in [1.54, 1.807) is 0 Å². The molecule has 6 nitrogen and oxygen atoms in total. The summed E-state index contributed by atoms with van der Waals surface area (Å²) in [4.78, 5) is 14.4. The molecule has 0 aliphatic carbocycles. The summed E-state index contributed by atoms with van der Waals surface area (Å²) >= 11 is 0. The maximum Gasteiger partial charge on any atom is 0.416 e. The molecule has 1 saturated heterocycles. The van der Waals surface area contributed by atoms with E-state index in [9.17, 15) is 26.3 Å². The monoisotopic (exact) mass is 535 g/mol. The largest absolute Gasteiger partial charge is 0.416 e. The molecular weight excluding hydrogens is 512 g/mol. The number of nitrogens with zero attached hydrogens (tertiary/aromatic N) is 4. The minimum Gasteiger partial charge on any atom is -0.345 e. The number of piperidine rings is 1. The molecule has 0 saturated carbocycles. The predicted octanol–water partition coefficient (Wildman–Crippen LogP) is 6.85. The molecule has 0 amide bonds. The number of nitrogens with one attached hydrogen (secondary N) is 1. The van der Waals surface area contributed by atoms with Gasteiger partial charge in [0.05, 0.1) is 23.4 Å². The zero-order valence-corrected chi connectivity index (χ0v) is 20.2. The van der Waals surface area contributed by atoms with Gasteiger partial charge in [0.2, 0.25) is 0 Å². The van der Waals surface area contributed by atoms with Crippen molar-refractivity contribution in [3.05, 3.63) is 77.0 Å². The summed E-state index contributed by atoms with van der Waals surface area (Å²) in [5.74, 6) is 1.36. The first-order valence-electron chi connectivity index (χ1n) is 11.9. The van der Waals surface area contributed by atoms with Crippen molar-refractivity contribution in [2.75, 3.05) is 13.1 Å². The van der Waals surface area contributed by atoms with Crippen LogP contribution in [0, 0.1) is 6.92 Å². The molecule has 38 heavy (non-hydrogen) atoms. The topological polar surface area (TPSA) is 70.8 Å². The first-order chi connectivity index (χ1) is 18.0. The zero-order chi connectivity index (χ0) is 27.1. The molecule has 4 aromatic rings. The van der Waals surface area contributed by atoms with E-state index in [0.29, 0.717) is 36.7 Å². The van der Waals surface area contributed by atoms with E-state index in [1.807, 2.05) is 6.92 Å². The lowest BCUT2D eigenvalue weighted by molar-refractivity contribution is -0.138. The fraction of sp³-hybridized carbons (Fsp3) is 0.346. The van der Waals surface area contributed by atoms with Gasteiger partial charge in [-0.25, -0.2) is 4.98 Å². The first kappa shape index (κ1) is 26.0. The maximum atomic E-state index is 13.0. The highest BCUT2D eigenvalue weighted by Crippen LogP contribution is 2.34. The number of aromatic amines is 1. The van der Waals surface area contributed by atoms with Crippen molar-refractivity contribution in [1.29, 1.82) is 0 Å². The van der Waals surface area contributed by atoms with Crippen molar-refractivity contribution < 1.29 is 30.9 Å². The fourth-order valence-electron chi connectivity index (χ4n) is 4.60. The van der Waals surface area contributed by atoms with Crippen LogP contribution in [-0.4, -0.2) is 38.1 Å². The van der Waals surface area contributed by atoms with Crippen LogP contribution in [0.2, 0.25) is 0 Å². The third kappa shape index (κ3) is 5.59. The Morgan fingerprint density at radius 2 is 1.58 bits per heavy atom. The Hall–Kier alpha value is -3.67. The number of benzene rings is 2. The highest BCUT2D eigenvalue weighted by Gasteiger charge is 2.32. The van der Waals surface area contributed by atoms with E-state index in [2.05, 4.69) is 20.0 Å². The van der Waals surface area contributed by atoms with Crippen LogP contribution < -0.4 is 0 Å². The fourth-order valence-corrected chi connectivity index (χ4v) is 4.60. The Morgan fingerprint density at radius 1 is 0.895 bits per heavy atom. The number of alkyl halides is 6. The molecule has 0 bridgehead atoms. The van der Waals surface area contributed by atoms with Crippen LogP contribution in [0.1, 0.15) is 47.2 Å². The van der Waals surface area contributed by atoms with Crippen LogP contribution in [0.15, 0.2) is 53.1 Å². The molecule has 2 aromatic heterocycles. The average molecular weight is 535 g/mol. The van der Waals surface area contributed by atoms with Gasteiger partial charge in [0.25, 0.3) is 5.89 Å². The lowest BCUT2D eigenvalue weighted by atomic mass is 9.96. The van der Waals surface area contributed by atoms with Crippen molar-refractivity contribution in [2.45, 2.75) is 44.6 Å². The lowest BCUT2D eigenvalue weighted by Crippen LogP contribution is -2.33. The highest BCUT2D eigenvalue weighted by atomic mass is 19.4. The van der Waals surface area contributed by atoms with Crippen LogP contribution in [0.4, 0.5) is 26.3 Å². The van der Waals surface area contributed by atoms with E-state index in [-0.39, 0.29) is 17.4 Å². The van der Waals surface area contributed by atoms with E-state index in [1.165, 1.54) is 24.3 Å². The molecule has 0 radical (unpaired) electrons. The van der Waals surface area contributed by atoms with Gasteiger partial charge < -0.3 is 9.51 Å². The number of aryl methyl sites for hydroxylation is 1. The van der Waals surface area contributed by atoms with Gasteiger partial charge in [-0.1, -0.05) is 23.4 Å².